The van der Waals surface area contributed by atoms with Gasteiger partial charge in [0.2, 0.25) is 0 Å². The van der Waals surface area contributed by atoms with Crippen LogP contribution in [-0.2, 0) is 12.0 Å². The van der Waals surface area contributed by atoms with Crippen molar-refractivity contribution >= 4 is 11.3 Å². The average molecular weight is 264 g/mol. The lowest BCUT2D eigenvalue weighted by Crippen LogP contribution is -2.16. The Labute approximate surface area is 114 Å². The minimum atomic E-state index is 0.126. The van der Waals surface area contributed by atoms with Crippen molar-refractivity contribution in [2.75, 3.05) is 0 Å². The molecule has 0 amide bonds. The molecule has 2 nitrogen and oxygen atoms in total. The molecule has 0 radical (unpaired) electrons. The second-order valence-corrected chi connectivity index (χ2v) is 8.17. The van der Waals surface area contributed by atoms with Crippen LogP contribution in [0.3, 0.4) is 0 Å². The van der Waals surface area contributed by atoms with Crippen molar-refractivity contribution in [3.05, 3.63) is 15.6 Å². The number of thiazole rings is 1. The Morgan fingerprint density at radius 2 is 2.06 bits per heavy atom. The number of hydrogen-bond acceptors (Lipinski definition) is 3. The predicted octanol–water partition coefficient (Wildman–Crippen LogP) is 3.80. The highest BCUT2D eigenvalue weighted by Crippen LogP contribution is 2.53. The van der Waals surface area contributed by atoms with Gasteiger partial charge in [0.1, 0.15) is 0 Å². The monoisotopic (exact) mass is 264 g/mol. The molecule has 0 spiro atoms. The predicted molar refractivity (Wildman–Crippen MR) is 76.9 cm³/mol. The van der Waals surface area contributed by atoms with E-state index in [4.69, 9.17) is 10.7 Å². The first-order valence-corrected chi connectivity index (χ1v) is 8.01. The van der Waals surface area contributed by atoms with E-state index in [9.17, 15) is 0 Å². The zero-order valence-corrected chi connectivity index (χ0v) is 12.5. The van der Waals surface area contributed by atoms with E-state index < -0.39 is 0 Å². The van der Waals surface area contributed by atoms with Gasteiger partial charge in [-0.1, -0.05) is 27.2 Å². The van der Waals surface area contributed by atoms with Crippen molar-refractivity contribution in [1.82, 2.24) is 4.98 Å². The summed E-state index contributed by atoms with van der Waals surface area (Å²) in [6.07, 6.45) is 5.72. The van der Waals surface area contributed by atoms with Gasteiger partial charge in [-0.2, -0.15) is 0 Å². The molecule has 0 saturated heterocycles. The summed E-state index contributed by atoms with van der Waals surface area (Å²) < 4.78 is 0. The molecule has 2 aliphatic carbocycles. The van der Waals surface area contributed by atoms with E-state index in [1.54, 1.807) is 0 Å². The van der Waals surface area contributed by atoms with Gasteiger partial charge in [-0.3, -0.25) is 0 Å². The first kappa shape index (κ1) is 12.6. The lowest BCUT2D eigenvalue weighted by Gasteiger charge is -2.20. The molecule has 1 aromatic heterocycles. The van der Waals surface area contributed by atoms with Crippen LogP contribution in [-0.4, -0.2) is 4.98 Å². The molecule has 1 aromatic rings. The average Bonchev–Trinajstić information content (AvgIpc) is 3.01. The molecule has 2 bridgehead atoms. The SMILES string of the molecule is CC(C)(C)c1nc(C2CC3CCC2C3)sc1CN. The first-order valence-electron chi connectivity index (χ1n) is 7.19. The number of nitrogens with zero attached hydrogens (tertiary/aromatic N) is 1. The molecule has 3 rings (SSSR count). The maximum absolute atomic E-state index is 5.91. The number of hydrogen-bond donors (Lipinski definition) is 1. The summed E-state index contributed by atoms with van der Waals surface area (Å²) in [5.74, 6) is 2.65. The van der Waals surface area contributed by atoms with Crippen molar-refractivity contribution in [3.8, 4) is 0 Å². The van der Waals surface area contributed by atoms with E-state index in [0.717, 1.165) is 17.8 Å². The molecule has 2 N–H and O–H groups in total. The molecule has 3 unspecified atom stereocenters. The van der Waals surface area contributed by atoms with Gasteiger partial charge in [-0.05, 0) is 31.1 Å². The second-order valence-electron chi connectivity index (χ2n) is 7.06. The van der Waals surface area contributed by atoms with Crippen LogP contribution in [0.2, 0.25) is 0 Å². The maximum atomic E-state index is 5.91. The van der Waals surface area contributed by atoms with Crippen LogP contribution in [0.25, 0.3) is 0 Å². The Morgan fingerprint density at radius 3 is 2.50 bits per heavy atom. The summed E-state index contributed by atoms with van der Waals surface area (Å²) in [5.41, 5.74) is 7.28. The zero-order valence-electron chi connectivity index (χ0n) is 11.7. The molecule has 0 aromatic carbocycles. The minimum absolute atomic E-state index is 0.126. The summed E-state index contributed by atoms with van der Waals surface area (Å²) in [6.45, 7) is 7.37. The fourth-order valence-electron chi connectivity index (χ4n) is 3.80. The molecule has 100 valence electrons. The molecule has 3 atom stereocenters. The highest BCUT2D eigenvalue weighted by Gasteiger charge is 2.42. The molecular weight excluding hydrogens is 240 g/mol. The molecule has 2 saturated carbocycles. The van der Waals surface area contributed by atoms with Gasteiger partial charge >= 0.3 is 0 Å². The van der Waals surface area contributed by atoms with Crippen LogP contribution >= 0.6 is 11.3 Å². The fraction of sp³-hybridized carbons (Fsp3) is 0.800. The van der Waals surface area contributed by atoms with Gasteiger partial charge < -0.3 is 5.73 Å². The number of rotatable bonds is 2. The number of fused-ring (bicyclic) bond motifs is 2. The number of aromatic nitrogens is 1. The van der Waals surface area contributed by atoms with E-state index in [1.807, 2.05) is 11.3 Å². The van der Waals surface area contributed by atoms with Crippen LogP contribution in [0, 0.1) is 11.8 Å². The zero-order chi connectivity index (χ0) is 12.9. The highest BCUT2D eigenvalue weighted by atomic mass is 32.1. The van der Waals surface area contributed by atoms with Crippen molar-refractivity contribution in [2.24, 2.45) is 17.6 Å². The van der Waals surface area contributed by atoms with Gasteiger partial charge in [-0.25, -0.2) is 4.98 Å². The Bertz CT molecular complexity index is 444. The largest absolute Gasteiger partial charge is 0.326 e. The molecule has 2 aliphatic rings. The van der Waals surface area contributed by atoms with Crippen LogP contribution in [0.15, 0.2) is 0 Å². The van der Waals surface area contributed by atoms with Gasteiger partial charge in [0, 0.05) is 22.8 Å². The van der Waals surface area contributed by atoms with Crippen LogP contribution in [0.1, 0.15) is 68.0 Å². The van der Waals surface area contributed by atoms with Crippen molar-refractivity contribution in [1.29, 1.82) is 0 Å². The first-order chi connectivity index (χ1) is 8.49. The Hall–Kier alpha value is -0.410. The second kappa shape index (κ2) is 4.31. The van der Waals surface area contributed by atoms with Crippen molar-refractivity contribution in [3.63, 3.8) is 0 Å². The summed E-state index contributed by atoms with van der Waals surface area (Å²) in [7, 11) is 0. The Kier molecular flexibility index (Phi) is 3.02. The van der Waals surface area contributed by atoms with Crippen LogP contribution in [0.4, 0.5) is 0 Å². The van der Waals surface area contributed by atoms with Crippen molar-refractivity contribution < 1.29 is 0 Å². The third-order valence-electron chi connectivity index (χ3n) is 4.66. The third-order valence-corrected chi connectivity index (χ3v) is 5.87. The number of nitrogens with two attached hydrogens (primary N) is 1. The fourth-order valence-corrected chi connectivity index (χ4v) is 5.16. The maximum Gasteiger partial charge on any atom is 0.0965 e. The molecular formula is C15H24N2S. The summed E-state index contributed by atoms with van der Waals surface area (Å²) in [4.78, 5) is 6.30. The summed E-state index contributed by atoms with van der Waals surface area (Å²) >= 11 is 1.89. The highest BCUT2D eigenvalue weighted by molar-refractivity contribution is 7.11. The van der Waals surface area contributed by atoms with E-state index >= 15 is 0 Å². The molecule has 3 heteroatoms. The van der Waals surface area contributed by atoms with Gasteiger partial charge in [-0.15, -0.1) is 11.3 Å². The smallest absolute Gasteiger partial charge is 0.0965 e. The normalized spacial score (nSPS) is 31.2. The van der Waals surface area contributed by atoms with E-state index in [-0.39, 0.29) is 5.41 Å². The van der Waals surface area contributed by atoms with Gasteiger partial charge in [0.25, 0.3) is 0 Å². The molecule has 1 heterocycles. The Balaban J connectivity index is 1.92. The summed E-state index contributed by atoms with van der Waals surface area (Å²) in [5, 5.41) is 1.38. The molecule has 2 fully saturated rings. The Morgan fingerprint density at radius 1 is 1.28 bits per heavy atom. The van der Waals surface area contributed by atoms with E-state index in [0.29, 0.717) is 6.54 Å². The lowest BCUT2D eigenvalue weighted by atomic mass is 9.88. The molecule has 0 aliphatic heterocycles. The van der Waals surface area contributed by atoms with E-state index in [2.05, 4.69) is 20.8 Å². The lowest BCUT2D eigenvalue weighted by molar-refractivity contribution is 0.417. The minimum Gasteiger partial charge on any atom is -0.326 e. The topological polar surface area (TPSA) is 38.9 Å². The summed E-state index contributed by atoms with van der Waals surface area (Å²) in [6, 6.07) is 0. The van der Waals surface area contributed by atoms with Crippen LogP contribution < -0.4 is 5.73 Å². The van der Waals surface area contributed by atoms with Crippen LogP contribution in [0.5, 0.6) is 0 Å². The standard InChI is InChI=1S/C15H24N2S/c1-15(2,3)13-12(8-16)18-14(17-13)11-7-9-4-5-10(11)6-9/h9-11H,4-8,16H2,1-3H3. The van der Waals surface area contributed by atoms with Gasteiger partial charge in [0.15, 0.2) is 0 Å². The van der Waals surface area contributed by atoms with Gasteiger partial charge in [0.05, 0.1) is 10.7 Å². The third kappa shape index (κ3) is 2.01. The quantitative estimate of drug-likeness (QED) is 0.882. The molecule has 18 heavy (non-hydrogen) atoms. The van der Waals surface area contributed by atoms with Crippen molar-refractivity contribution in [2.45, 2.75) is 64.3 Å². The van der Waals surface area contributed by atoms with E-state index in [1.165, 1.54) is 41.3 Å².